The van der Waals surface area contributed by atoms with Gasteiger partial charge in [0, 0.05) is 0 Å². The minimum atomic E-state index is -6.00. The summed E-state index contributed by atoms with van der Waals surface area (Å²) in [6.07, 6.45) is 0. The molecule has 0 unspecified atom stereocenters. The summed E-state index contributed by atoms with van der Waals surface area (Å²) >= 11 is -6.00. The minimum absolute atomic E-state index is 0.785. The van der Waals surface area contributed by atoms with Gasteiger partial charge in [-0.3, -0.25) is 0 Å². The van der Waals surface area contributed by atoms with Crippen molar-refractivity contribution >= 4 is 20.5 Å². The van der Waals surface area contributed by atoms with Gasteiger partial charge in [-0.2, -0.15) is 0 Å². The maximum absolute atomic E-state index is 9.99. The van der Waals surface area contributed by atoms with Crippen molar-refractivity contribution in [1.29, 1.82) is 0 Å². The van der Waals surface area contributed by atoms with E-state index in [0.717, 1.165) is 20.5 Å². The van der Waals surface area contributed by atoms with Crippen molar-refractivity contribution in [3.8, 4) is 0 Å². The second kappa shape index (κ2) is 2.71. The molecule has 0 aromatic carbocycles. The van der Waals surface area contributed by atoms with Crippen LogP contribution in [0.2, 0.25) is 0 Å². The molecule has 0 radical (unpaired) electrons. The van der Waals surface area contributed by atoms with Crippen LogP contribution in [0.15, 0.2) is 0 Å². The van der Waals surface area contributed by atoms with Gasteiger partial charge in [-0.25, -0.2) is 0 Å². The maximum atomic E-state index is 9.99. The van der Waals surface area contributed by atoms with E-state index in [4.69, 9.17) is 0 Å². The Bertz CT molecular complexity index is 550. The predicted molar refractivity (Wildman–Crippen MR) is 28.5 cm³/mol. The average molecular weight is 233 g/mol. The third kappa shape index (κ3) is 1.10. The Hall–Kier alpha value is -1.36. The van der Waals surface area contributed by atoms with Crippen LogP contribution in [-0.2, 0) is 37.5 Å². The van der Waals surface area contributed by atoms with Gasteiger partial charge >= 0.3 is 57.9 Å². The first-order valence-electron chi connectivity index (χ1n) is 2.14. The summed E-state index contributed by atoms with van der Waals surface area (Å²) in [4.78, 5) is 49.9. The van der Waals surface area contributed by atoms with E-state index >= 15 is 0 Å². The SMILES string of the molecule is O=[C]=[Nb](=[C]=O)(=[C]=O)(=[C]=O)=[C]=O. The number of hydrogen-bond acceptors (Lipinski definition) is 5. The molecule has 5 nitrogen and oxygen atoms in total. The molecule has 0 rings (SSSR count). The molecule has 0 aromatic heterocycles. The Labute approximate surface area is 58.3 Å². The van der Waals surface area contributed by atoms with E-state index in [1.807, 2.05) is 0 Å². The van der Waals surface area contributed by atoms with Crippen molar-refractivity contribution in [3.05, 3.63) is 0 Å². The standard InChI is InChI=1S/5CO.Nb/c5*1-2;. The Morgan fingerprint density at radius 1 is 0.545 bits per heavy atom. The zero-order chi connectivity index (χ0) is 8.98. The van der Waals surface area contributed by atoms with Crippen molar-refractivity contribution in [2.24, 2.45) is 0 Å². The van der Waals surface area contributed by atoms with Crippen molar-refractivity contribution in [2.75, 3.05) is 0 Å². The van der Waals surface area contributed by atoms with Crippen LogP contribution in [-0.4, -0.2) is 20.5 Å². The van der Waals surface area contributed by atoms with E-state index in [1.165, 1.54) is 0 Å². The summed E-state index contributed by atoms with van der Waals surface area (Å²) in [5.41, 5.74) is 0. The summed E-state index contributed by atoms with van der Waals surface area (Å²) in [5, 5.41) is 0. The zero-order valence-corrected chi connectivity index (χ0v) is 7.19. The molecule has 0 aliphatic carbocycles. The second-order valence-electron chi connectivity index (χ2n) is 1.57. The molecule has 0 aromatic rings. The molecule has 0 spiro atoms. The Kier molecular flexibility index (Phi) is 2.38. The summed E-state index contributed by atoms with van der Waals surface area (Å²) in [5.74, 6) is 0. The topological polar surface area (TPSA) is 85.3 Å². The van der Waals surface area contributed by atoms with E-state index in [1.54, 1.807) is 0 Å². The van der Waals surface area contributed by atoms with Crippen molar-refractivity contribution in [1.82, 2.24) is 0 Å². The normalized spacial score (nSPS) is 7.27. The van der Waals surface area contributed by atoms with Crippen LogP contribution in [0.4, 0.5) is 0 Å². The van der Waals surface area contributed by atoms with E-state index < -0.39 is 13.5 Å². The van der Waals surface area contributed by atoms with Gasteiger partial charge in [0.25, 0.3) is 0 Å². The van der Waals surface area contributed by atoms with Gasteiger partial charge < -0.3 is 0 Å². The molecule has 55 valence electrons. The first kappa shape index (κ1) is 9.64. The van der Waals surface area contributed by atoms with Crippen LogP contribution >= 0.6 is 0 Å². The van der Waals surface area contributed by atoms with Crippen molar-refractivity contribution in [2.45, 2.75) is 0 Å². The quantitative estimate of drug-likeness (QED) is 0.452. The molecule has 11 heavy (non-hydrogen) atoms. The van der Waals surface area contributed by atoms with Gasteiger partial charge in [-0.05, 0) is 0 Å². The van der Waals surface area contributed by atoms with Gasteiger partial charge in [0.15, 0.2) is 0 Å². The van der Waals surface area contributed by atoms with Crippen LogP contribution in [0, 0.1) is 0 Å². The van der Waals surface area contributed by atoms with Gasteiger partial charge in [0.05, 0.1) is 0 Å². The monoisotopic (exact) mass is 233 g/mol. The van der Waals surface area contributed by atoms with Gasteiger partial charge in [0.2, 0.25) is 0 Å². The van der Waals surface area contributed by atoms with Crippen molar-refractivity contribution < 1.29 is 37.5 Å². The molecule has 0 saturated heterocycles. The third-order valence-electron chi connectivity index (χ3n) is 0.913. The van der Waals surface area contributed by atoms with Gasteiger partial charge in [0.1, 0.15) is 0 Å². The van der Waals surface area contributed by atoms with E-state index in [9.17, 15) is 24.0 Å². The fraction of sp³-hybridized carbons (Fsp3) is 0. The van der Waals surface area contributed by atoms with Crippen LogP contribution in [0.1, 0.15) is 0 Å². The molecule has 0 aliphatic heterocycles. The molecule has 0 amide bonds. The Balaban J connectivity index is 9.33. The predicted octanol–water partition coefficient (Wildman–Crippen LogP) is -1.99. The number of carbonyl (C=O) groups excluding carboxylic acids is 5. The van der Waals surface area contributed by atoms with Crippen LogP contribution in [0.5, 0.6) is 0 Å². The molecule has 0 aliphatic rings. The van der Waals surface area contributed by atoms with E-state index in [0.29, 0.717) is 0 Å². The fourth-order valence-corrected chi connectivity index (χ4v) is 1.10. The van der Waals surface area contributed by atoms with Crippen LogP contribution in [0.3, 0.4) is 0 Å². The second-order valence-corrected chi connectivity index (χ2v) is 9.31. The van der Waals surface area contributed by atoms with E-state index in [2.05, 4.69) is 0 Å². The fourth-order valence-electron chi connectivity index (χ4n) is 0.186. The molecular formula is C5NbO5. The summed E-state index contributed by atoms with van der Waals surface area (Å²) < 4.78 is 3.93. The van der Waals surface area contributed by atoms with Gasteiger partial charge in [-0.1, -0.05) is 0 Å². The summed E-state index contributed by atoms with van der Waals surface area (Å²) in [7, 11) is 0. The van der Waals surface area contributed by atoms with E-state index in [-0.39, 0.29) is 0 Å². The molecule has 0 saturated carbocycles. The molecule has 0 bridgehead atoms. The average Bonchev–Trinajstić information content (AvgIpc) is 2.12. The first-order chi connectivity index (χ1) is 5.12. The molecule has 0 N–H and O–H groups in total. The molecule has 0 atom stereocenters. The number of hydrogen-bond donors (Lipinski definition) is 0. The zero-order valence-electron chi connectivity index (χ0n) is 4.99. The molecule has 6 heteroatoms. The van der Waals surface area contributed by atoms with Crippen LogP contribution in [0.25, 0.3) is 0 Å². The molecule has 0 heterocycles. The van der Waals surface area contributed by atoms with Gasteiger partial charge in [-0.15, -0.1) is 0 Å². The Morgan fingerprint density at radius 3 is 0.727 bits per heavy atom. The molecule has 0 fully saturated rings. The first-order valence-corrected chi connectivity index (χ1v) is 7.63. The number of rotatable bonds is 0. The Morgan fingerprint density at radius 2 is 0.727 bits per heavy atom. The van der Waals surface area contributed by atoms with Crippen LogP contribution < -0.4 is 0 Å². The van der Waals surface area contributed by atoms with Crippen molar-refractivity contribution in [3.63, 3.8) is 0 Å². The molecular weight excluding hydrogens is 233 g/mol. The summed E-state index contributed by atoms with van der Waals surface area (Å²) in [6.45, 7) is 0. The summed E-state index contributed by atoms with van der Waals surface area (Å²) in [6, 6.07) is 0. The third-order valence-corrected chi connectivity index (χ3v) is 5.40.